The number of aromatic nitrogens is 2. The fraction of sp³-hybridized carbons (Fsp3) is 0.267. The van der Waals surface area contributed by atoms with Crippen molar-refractivity contribution in [3.63, 3.8) is 0 Å². The van der Waals surface area contributed by atoms with E-state index in [1.54, 1.807) is 6.20 Å². The van der Waals surface area contributed by atoms with Gasteiger partial charge in [0.05, 0.1) is 5.25 Å². The molecule has 1 heterocycles. The summed E-state index contributed by atoms with van der Waals surface area (Å²) in [4.78, 5) is 20.5. The zero-order chi connectivity index (χ0) is 13.8. The van der Waals surface area contributed by atoms with Crippen molar-refractivity contribution in [3.8, 4) is 0 Å². The van der Waals surface area contributed by atoms with Gasteiger partial charge in [0.25, 0.3) is 0 Å². The van der Waals surface area contributed by atoms with Gasteiger partial charge in [-0.15, -0.1) is 0 Å². The molecule has 19 heavy (non-hydrogen) atoms. The van der Waals surface area contributed by atoms with E-state index in [0.29, 0.717) is 0 Å². The summed E-state index contributed by atoms with van der Waals surface area (Å²) >= 11 is 1.46. The maximum atomic E-state index is 12.5. The Kier molecular flexibility index (Phi) is 4.32. The molecular weight excluding hydrogens is 256 g/mol. The third kappa shape index (κ3) is 3.41. The van der Waals surface area contributed by atoms with Crippen molar-refractivity contribution in [2.45, 2.75) is 31.0 Å². The Morgan fingerprint density at radius 1 is 1.26 bits per heavy atom. The Hall–Kier alpha value is -1.68. The first-order chi connectivity index (χ1) is 9.08. The number of nitrogens with zero attached hydrogens (tertiary/aromatic N) is 2. The minimum Gasteiger partial charge on any atom is -0.293 e. The van der Waals surface area contributed by atoms with Gasteiger partial charge in [-0.25, -0.2) is 9.97 Å². The van der Waals surface area contributed by atoms with Crippen LogP contribution in [-0.2, 0) is 0 Å². The molecule has 3 nitrogen and oxygen atoms in total. The highest BCUT2D eigenvalue weighted by Crippen LogP contribution is 2.24. The van der Waals surface area contributed by atoms with Crippen molar-refractivity contribution in [1.82, 2.24) is 9.97 Å². The van der Waals surface area contributed by atoms with Gasteiger partial charge in [-0.2, -0.15) is 0 Å². The first-order valence-corrected chi connectivity index (χ1v) is 7.00. The maximum absolute atomic E-state index is 12.5. The van der Waals surface area contributed by atoms with Crippen molar-refractivity contribution in [2.24, 2.45) is 0 Å². The molecular formula is C15H16N2OS. The van der Waals surface area contributed by atoms with Crippen LogP contribution in [-0.4, -0.2) is 21.0 Å². The quantitative estimate of drug-likeness (QED) is 0.485. The lowest BCUT2D eigenvalue weighted by Gasteiger charge is -2.12. The molecule has 0 saturated heterocycles. The lowest BCUT2D eigenvalue weighted by molar-refractivity contribution is 0.0993. The molecule has 1 aromatic carbocycles. The van der Waals surface area contributed by atoms with E-state index in [2.05, 4.69) is 9.97 Å². The molecule has 1 aromatic heterocycles. The first kappa shape index (κ1) is 13.7. The molecule has 0 aliphatic rings. The zero-order valence-corrected chi connectivity index (χ0v) is 12.1. The molecule has 2 rings (SSSR count). The van der Waals surface area contributed by atoms with E-state index in [-0.39, 0.29) is 11.0 Å². The highest BCUT2D eigenvalue weighted by atomic mass is 32.2. The van der Waals surface area contributed by atoms with Crippen LogP contribution in [0, 0.1) is 13.8 Å². The number of ketones is 1. The third-order valence-corrected chi connectivity index (χ3v) is 3.93. The van der Waals surface area contributed by atoms with Gasteiger partial charge in [-0.1, -0.05) is 29.5 Å². The third-order valence-electron chi connectivity index (χ3n) is 2.88. The van der Waals surface area contributed by atoms with E-state index in [0.717, 1.165) is 21.7 Å². The average molecular weight is 272 g/mol. The predicted molar refractivity (Wildman–Crippen MR) is 77.6 cm³/mol. The second-order valence-electron chi connectivity index (χ2n) is 4.49. The summed E-state index contributed by atoms with van der Waals surface area (Å²) < 4.78 is 0. The number of hydrogen-bond donors (Lipinski definition) is 0. The Balaban J connectivity index is 2.17. The predicted octanol–water partition coefficient (Wildman–Crippen LogP) is 3.46. The fourth-order valence-electron chi connectivity index (χ4n) is 1.80. The minimum absolute atomic E-state index is 0.143. The zero-order valence-electron chi connectivity index (χ0n) is 11.3. The molecule has 0 N–H and O–H groups in total. The number of rotatable bonds is 4. The molecule has 0 fully saturated rings. The van der Waals surface area contributed by atoms with E-state index in [1.807, 2.05) is 45.0 Å². The van der Waals surface area contributed by atoms with Gasteiger partial charge in [0, 0.05) is 11.8 Å². The Morgan fingerprint density at radius 2 is 2.05 bits per heavy atom. The number of benzene rings is 1. The van der Waals surface area contributed by atoms with Crippen molar-refractivity contribution >= 4 is 17.5 Å². The minimum atomic E-state index is -0.157. The molecule has 1 atom stereocenters. The van der Waals surface area contributed by atoms with E-state index in [9.17, 15) is 4.79 Å². The summed E-state index contributed by atoms with van der Waals surface area (Å²) in [5.41, 5.74) is 2.92. The molecule has 0 bridgehead atoms. The first-order valence-electron chi connectivity index (χ1n) is 6.12. The van der Waals surface area contributed by atoms with Gasteiger partial charge < -0.3 is 0 Å². The smallest absolute Gasteiger partial charge is 0.176 e. The molecule has 2 aromatic rings. The van der Waals surface area contributed by atoms with Gasteiger partial charge in [0.15, 0.2) is 5.78 Å². The second-order valence-corrected chi connectivity index (χ2v) is 5.85. The number of hydrogen-bond acceptors (Lipinski definition) is 4. The van der Waals surface area contributed by atoms with Crippen LogP contribution in [0.3, 0.4) is 0 Å². The largest absolute Gasteiger partial charge is 0.293 e. The molecule has 0 radical (unpaired) electrons. The lowest BCUT2D eigenvalue weighted by Crippen LogP contribution is -2.15. The van der Waals surface area contributed by atoms with Crippen LogP contribution in [0.1, 0.15) is 28.4 Å². The molecule has 98 valence electrons. The van der Waals surface area contributed by atoms with E-state index < -0.39 is 0 Å². The van der Waals surface area contributed by atoms with Crippen LogP contribution in [0.5, 0.6) is 0 Å². The summed E-state index contributed by atoms with van der Waals surface area (Å²) in [6.45, 7) is 5.88. The van der Waals surface area contributed by atoms with Crippen molar-refractivity contribution < 1.29 is 4.79 Å². The van der Waals surface area contributed by atoms with Crippen LogP contribution in [0.15, 0.2) is 41.8 Å². The van der Waals surface area contributed by atoms with Gasteiger partial charge in [0.1, 0.15) is 11.4 Å². The summed E-state index contributed by atoms with van der Waals surface area (Å²) in [6, 6.07) is 7.78. The molecule has 0 saturated carbocycles. The molecule has 0 aliphatic carbocycles. The standard InChI is InChI=1S/C15H16N2OS/c1-10-4-5-11(2)13(8-10)15(18)12(3)19-14-6-7-16-9-17-14/h4-9,12H,1-3H3. The monoisotopic (exact) mass is 272 g/mol. The van der Waals surface area contributed by atoms with Crippen LogP contribution >= 0.6 is 11.8 Å². The molecule has 1 unspecified atom stereocenters. The highest BCUT2D eigenvalue weighted by molar-refractivity contribution is 8.00. The van der Waals surface area contributed by atoms with Gasteiger partial charge in [-0.05, 0) is 38.5 Å². The van der Waals surface area contributed by atoms with Gasteiger partial charge >= 0.3 is 0 Å². The Labute approximate surface area is 117 Å². The number of Topliss-reactive ketones (excluding diaryl/α,β-unsaturated/α-hetero) is 1. The van der Waals surface area contributed by atoms with Crippen LogP contribution in [0.25, 0.3) is 0 Å². The highest BCUT2D eigenvalue weighted by Gasteiger charge is 2.18. The number of carbonyl (C=O) groups is 1. The lowest BCUT2D eigenvalue weighted by atomic mass is 10.0. The van der Waals surface area contributed by atoms with Crippen LogP contribution < -0.4 is 0 Å². The SMILES string of the molecule is Cc1ccc(C)c(C(=O)C(C)Sc2ccncn2)c1. The number of thioether (sulfide) groups is 1. The molecule has 0 spiro atoms. The van der Waals surface area contributed by atoms with E-state index in [4.69, 9.17) is 0 Å². The molecule has 0 aliphatic heterocycles. The maximum Gasteiger partial charge on any atom is 0.176 e. The molecule has 4 heteroatoms. The van der Waals surface area contributed by atoms with Crippen LogP contribution in [0.2, 0.25) is 0 Å². The van der Waals surface area contributed by atoms with Gasteiger partial charge in [-0.3, -0.25) is 4.79 Å². The summed E-state index contributed by atoms with van der Waals surface area (Å²) in [6.07, 6.45) is 3.18. The van der Waals surface area contributed by atoms with Crippen molar-refractivity contribution in [1.29, 1.82) is 0 Å². The van der Waals surface area contributed by atoms with Gasteiger partial charge in [0.2, 0.25) is 0 Å². The second kappa shape index (κ2) is 5.97. The number of aryl methyl sites for hydroxylation is 2. The number of carbonyl (C=O) groups excluding carboxylic acids is 1. The van der Waals surface area contributed by atoms with E-state index >= 15 is 0 Å². The average Bonchev–Trinajstić information content (AvgIpc) is 2.42. The summed E-state index contributed by atoms with van der Waals surface area (Å²) in [5, 5.41) is 0.663. The van der Waals surface area contributed by atoms with Crippen LogP contribution in [0.4, 0.5) is 0 Å². The fourth-order valence-corrected chi connectivity index (χ4v) is 2.65. The normalized spacial score (nSPS) is 12.2. The summed E-state index contributed by atoms with van der Waals surface area (Å²) in [7, 11) is 0. The Morgan fingerprint density at radius 3 is 2.74 bits per heavy atom. The van der Waals surface area contributed by atoms with E-state index in [1.165, 1.54) is 18.1 Å². The topological polar surface area (TPSA) is 42.9 Å². The Bertz CT molecular complexity index is 584. The molecule has 0 amide bonds. The van der Waals surface area contributed by atoms with Crippen molar-refractivity contribution in [3.05, 3.63) is 53.5 Å². The van der Waals surface area contributed by atoms with Crippen molar-refractivity contribution in [2.75, 3.05) is 0 Å². The summed E-state index contributed by atoms with van der Waals surface area (Å²) in [5.74, 6) is 0.143.